The predicted molar refractivity (Wildman–Crippen MR) is 136 cm³/mol. The van der Waals surface area contributed by atoms with Gasteiger partial charge in [-0.2, -0.15) is 0 Å². The molecule has 1 aliphatic heterocycles. The Labute approximate surface area is 227 Å². The first-order chi connectivity index (χ1) is 18.5. The van der Waals surface area contributed by atoms with E-state index in [1.165, 1.54) is 23.3 Å². The number of esters is 1. The minimum absolute atomic E-state index is 0.120. The molecule has 15 nitrogen and oxygen atoms in total. The van der Waals surface area contributed by atoms with E-state index in [4.69, 9.17) is 49.1 Å². The molecule has 1 fully saturated rings. The van der Waals surface area contributed by atoms with E-state index < -0.39 is 23.9 Å². The number of ether oxygens (including phenoxy) is 2. The molecule has 0 bridgehead atoms. The van der Waals surface area contributed by atoms with Crippen LogP contribution < -0.4 is 10.6 Å². The number of carboxylic acid groups (broad SMARTS) is 4. The summed E-state index contributed by atoms with van der Waals surface area (Å²) in [4.78, 5) is 64.5. The van der Waals surface area contributed by atoms with E-state index in [-0.39, 0.29) is 18.4 Å². The van der Waals surface area contributed by atoms with Crippen molar-refractivity contribution in [1.29, 1.82) is 0 Å². The number of aryl methyl sites for hydroxylation is 1. The molecule has 1 aromatic heterocycles. The summed E-state index contributed by atoms with van der Waals surface area (Å²) in [5.74, 6) is -7.77. The molecule has 0 spiro atoms. The van der Waals surface area contributed by atoms with Crippen molar-refractivity contribution in [3.63, 3.8) is 0 Å². The highest BCUT2D eigenvalue weighted by Gasteiger charge is 2.26. The Bertz CT molecular complexity index is 972. The van der Waals surface area contributed by atoms with Crippen LogP contribution in [0, 0.1) is 0 Å². The van der Waals surface area contributed by atoms with Gasteiger partial charge in [0.2, 0.25) is 5.91 Å². The van der Waals surface area contributed by atoms with Gasteiger partial charge in [-0.3, -0.25) is 9.69 Å². The molecule has 1 saturated heterocycles. The zero-order valence-electron chi connectivity index (χ0n) is 21.4. The number of amides is 1. The van der Waals surface area contributed by atoms with E-state index in [9.17, 15) is 9.59 Å². The van der Waals surface area contributed by atoms with Gasteiger partial charge in [0.25, 0.3) is 0 Å². The molecule has 1 amide bonds. The van der Waals surface area contributed by atoms with Gasteiger partial charge >= 0.3 is 29.8 Å². The van der Waals surface area contributed by atoms with Crippen molar-refractivity contribution in [3.8, 4) is 0 Å². The predicted octanol–water partition coefficient (Wildman–Crippen LogP) is -0.0249. The lowest BCUT2D eigenvalue weighted by molar-refractivity contribution is -0.159. The Kier molecular flexibility index (Phi) is 15.3. The lowest BCUT2D eigenvalue weighted by Crippen LogP contribution is -2.38. The number of carbonyl (C=O) groups is 6. The summed E-state index contributed by atoms with van der Waals surface area (Å²) >= 11 is 1.52. The van der Waals surface area contributed by atoms with Crippen LogP contribution in [-0.2, 0) is 46.3 Å². The quantitative estimate of drug-likeness (QED) is 0.136. The Hall–Kier alpha value is -3.60. The highest BCUT2D eigenvalue weighted by Crippen LogP contribution is 2.38. The van der Waals surface area contributed by atoms with Crippen LogP contribution in [0.3, 0.4) is 0 Å². The number of thiophene rings is 1. The van der Waals surface area contributed by atoms with Gasteiger partial charge in [-0.1, -0.05) is 0 Å². The third kappa shape index (κ3) is 12.7. The minimum Gasteiger partial charge on any atom is -0.473 e. The summed E-state index contributed by atoms with van der Waals surface area (Å²) in [6.07, 6.45) is 5.05. The summed E-state index contributed by atoms with van der Waals surface area (Å²) in [5, 5.41) is 36.3. The fourth-order valence-corrected chi connectivity index (χ4v) is 4.89. The van der Waals surface area contributed by atoms with Gasteiger partial charge in [0.15, 0.2) is 0 Å². The average molecular weight is 576 g/mol. The summed E-state index contributed by atoms with van der Waals surface area (Å²) in [6.45, 7) is 5.63. The van der Waals surface area contributed by atoms with E-state index >= 15 is 0 Å². The van der Waals surface area contributed by atoms with E-state index in [0.717, 1.165) is 77.1 Å². The van der Waals surface area contributed by atoms with Gasteiger partial charge in [-0.15, -0.1) is 11.3 Å². The highest BCUT2D eigenvalue weighted by molar-refractivity contribution is 7.17. The Balaban J connectivity index is 0.000000530. The maximum absolute atomic E-state index is 12.3. The molecule has 1 aliphatic carbocycles. The smallest absolute Gasteiger partial charge is 0.414 e. The number of carbonyl (C=O) groups excluding carboxylic acids is 2. The average Bonchev–Trinajstić information content (AvgIpc) is 3.26. The van der Waals surface area contributed by atoms with Crippen molar-refractivity contribution in [2.45, 2.75) is 32.1 Å². The number of hydrogen-bond acceptors (Lipinski definition) is 11. The minimum atomic E-state index is -1.82. The molecule has 0 radical (unpaired) electrons. The van der Waals surface area contributed by atoms with Gasteiger partial charge in [-0.25, -0.2) is 24.0 Å². The lowest BCUT2D eigenvalue weighted by Gasteiger charge is -2.26. The molecule has 3 rings (SSSR count). The number of carboxylic acids is 4. The molecule has 0 unspecified atom stereocenters. The third-order valence-electron chi connectivity index (χ3n) is 5.40. The topological polar surface area (TPSA) is 229 Å². The number of nitrogens with zero attached hydrogens (tertiary/aromatic N) is 1. The second-order valence-electron chi connectivity index (χ2n) is 8.16. The van der Waals surface area contributed by atoms with E-state index in [0.29, 0.717) is 10.6 Å². The zero-order valence-corrected chi connectivity index (χ0v) is 22.2. The number of hydrogen-bond donors (Lipinski definition) is 6. The molecule has 0 saturated carbocycles. The second kappa shape index (κ2) is 17.8. The first kappa shape index (κ1) is 33.4. The number of rotatable bonds is 8. The lowest BCUT2D eigenvalue weighted by atomic mass is 9.95. The first-order valence-electron chi connectivity index (χ1n) is 11.9. The van der Waals surface area contributed by atoms with Crippen molar-refractivity contribution < 1.29 is 58.7 Å². The summed E-state index contributed by atoms with van der Waals surface area (Å²) in [7, 11) is 1.39. The van der Waals surface area contributed by atoms with Crippen LogP contribution in [0.1, 0.15) is 40.1 Å². The van der Waals surface area contributed by atoms with Crippen LogP contribution in [0.4, 0.5) is 5.00 Å². The van der Waals surface area contributed by atoms with Crippen LogP contribution in [0.25, 0.3) is 0 Å². The van der Waals surface area contributed by atoms with Gasteiger partial charge in [0.05, 0.1) is 32.4 Å². The van der Waals surface area contributed by atoms with Crippen molar-refractivity contribution >= 4 is 52.1 Å². The third-order valence-corrected chi connectivity index (χ3v) is 6.60. The van der Waals surface area contributed by atoms with Crippen LogP contribution in [0.5, 0.6) is 0 Å². The molecule has 16 heteroatoms. The van der Waals surface area contributed by atoms with Gasteiger partial charge in [0, 0.05) is 18.0 Å². The number of nitrogens with one attached hydrogen (secondary N) is 2. The number of fused-ring (bicyclic) bond motifs is 1. The van der Waals surface area contributed by atoms with Gasteiger partial charge < -0.3 is 40.5 Å². The maximum atomic E-state index is 12.3. The molecule has 39 heavy (non-hydrogen) atoms. The largest absolute Gasteiger partial charge is 0.473 e. The number of anilines is 1. The molecule has 2 aliphatic rings. The van der Waals surface area contributed by atoms with E-state index in [1.807, 2.05) is 0 Å². The maximum Gasteiger partial charge on any atom is 0.414 e. The van der Waals surface area contributed by atoms with Crippen molar-refractivity contribution in [2.75, 3.05) is 58.4 Å². The Morgan fingerprint density at radius 2 is 1.49 bits per heavy atom. The Morgan fingerprint density at radius 1 is 0.923 bits per heavy atom. The normalized spacial score (nSPS) is 14.3. The molecular formula is C23H33N3O12S. The number of morpholine rings is 1. The second-order valence-corrected chi connectivity index (χ2v) is 9.26. The molecule has 6 N–H and O–H groups in total. The summed E-state index contributed by atoms with van der Waals surface area (Å²) < 4.78 is 10.3. The van der Waals surface area contributed by atoms with E-state index in [1.54, 1.807) is 0 Å². The van der Waals surface area contributed by atoms with Crippen molar-refractivity contribution in [2.24, 2.45) is 0 Å². The number of methoxy groups -OCH3 is 1. The molecule has 218 valence electrons. The molecule has 0 aromatic carbocycles. The zero-order chi connectivity index (χ0) is 29.4. The summed E-state index contributed by atoms with van der Waals surface area (Å²) in [5.41, 5.74) is 1.62. The van der Waals surface area contributed by atoms with Gasteiger partial charge in [0.1, 0.15) is 5.00 Å². The SMILES string of the molecule is COC(=O)c1c(NC(=O)CNCCCN2CCOCC2)sc2c1CCCC2.O=C(O)C(=O)O.O=C(O)C(=O)O. The summed E-state index contributed by atoms with van der Waals surface area (Å²) in [6, 6.07) is 0. The van der Waals surface area contributed by atoms with Crippen molar-refractivity contribution in [1.82, 2.24) is 10.2 Å². The molecular weight excluding hydrogens is 542 g/mol. The standard InChI is InChI=1S/C19H29N3O4S.2C2H2O4/c1-25-19(24)17-14-5-2-3-6-15(14)27-18(17)21-16(23)13-20-7-4-8-22-9-11-26-12-10-22;2*3-1(4)2(5)6/h20H,2-13H2,1H3,(H,21,23);2*(H,3,4)(H,5,6). The molecule has 0 atom stereocenters. The fourth-order valence-electron chi connectivity index (χ4n) is 3.60. The van der Waals surface area contributed by atoms with Gasteiger partial charge in [-0.05, 0) is 50.8 Å². The van der Waals surface area contributed by atoms with Crippen LogP contribution in [-0.4, -0.2) is 114 Å². The first-order valence-corrected chi connectivity index (χ1v) is 12.8. The Morgan fingerprint density at radius 3 is 2.03 bits per heavy atom. The molecule has 1 aromatic rings. The monoisotopic (exact) mass is 575 g/mol. The van der Waals surface area contributed by atoms with Crippen LogP contribution in [0.15, 0.2) is 0 Å². The van der Waals surface area contributed by atoms with Crippen LogP contribution >= 0.6 is 11.3 Å². The number of aliphatic carboxylic acids is 4. The highest BCUT2D eigenvalue weighted by atomic mass is 32.1. The van der Waals surface area contributed by atoms with E-state index in [2.05, 4.69) is 15.5 Å². The van der Waals surface area contributed by atoms with Crippen LogP contribution in [0.2, 0.25) is 0 Å². The van der Waals surface area contributed by atoms with Crippen molar-refractivity contribution in [3.05, 3.63) is 16.0 Å². The molecule has 2 heterocycles. The fraction of sp³-hybridized carbons (Fsp3) is 0.565.